The first kappa shape index (κ1) is 32.7. The van der Waals surface area contributed by atoms with Crippen molar-refractivity contribution in [2.24, 2.45) is 0 Å². The van der Waals surface area contributed by atoms with Crippen molar-refractivity contribution in [3.8, 4) is 0 Å². The smallest absolute Gasteiger partial charge is 0.485 e. The number of hydrogen-bond donors (Lipinski definition) is 1. The molecule has 0 aliphatic rings. The molecule has 0 atom stereocenters. The second kappa shape index (κ2) is 14.5. The van der Waals surface area contributed by atoms with Crippen LogP contribution in [0.2, 0.25) is 0 Å². The summed E-state index contributed by atoms with van der Waals surface area (Å²) in [6.07, 6.45) is 0.829. The van der Waals surface area contributed by atoms with Crippen LogP contribution in [0, 0.1) is 0 Å². The summed E-state index contributed by atoms with van der Waals surface area (Å²) in [6, 6.07) is 55.0. The standard InChI is InChI=1S/C34H31NP.CHF3O3S/c1-35-33(27-28-17-7-2-8-18-28)34(29-19-9-3-10-20-29)36(30-21-11-4-12-22-30,31-23-13-5-14-24-31)32-25-15-6-16-26-32;2-1(3,4)8(5,6)7/h2-26,35H,27H2,1H3;(H,5,6,7)/q+1;/p-1/b34-33+;. The molecule has 0 spiro atoms. The van der Waals surface area contributed by atoms with E-state index in [-0.39, 0.29) is 0 Å². The van der Waals surface area contributed by atoms with Gasteiger partial charge >= 0.3 is 5.51 Å². The highest BCUT2D eigenvalue weighted by Crippen LogP contribution is 2.67. The number of halogens is 3. The van der Waals surface area contributed by atoms with E-state index in [1.807, 2.05) is 0 Å². The van der Waals surface area contributed by atoms with Gasteiger partial charge in [0.05, 0.1) is 5.70 Å². The highest BCUT2D eigenvalue weighted by Gasteiger charge is 2.51. The van der Waals surface area contributed by atoms with Crippen molar-refractivity contribution in [2.75, 3.05) is 7.05 Å². The zero-order chi connectivity index (χ0) is 31.6. The maximum atomic E-state index is 10.7. The van der Waals surface area contributed by atoms with E-state index < -0.39 is 22.9 Å². The quantitative estimate of drug-likeness (QED) is 0.115. The Balaban J connectivity index is 0.000000488. The lowest BCUT2D eigenvalue weighted by Crippen LogP contribution is -2.33. The minimum absolute atomic E-state index is 0.829. The Morgan fingerprint density at radius 1 is 0.636 bits per heavy atom. The number of benzene rings is 5. The molecule has 0 radical (unpaired) electrons. The molecule has 5 aromatic rings. The summed E-state index contributed by atoms with van der Waals surface area (Å²) in [5.74, 6) is 0. The van der Waals surface area contributed by atoms with Crippen LogP contribution in [0.4, 0.5) is 13.2 Å². The molecule has 0 saturated carbocycles. The fourth-order valence-corrected chi connectivity index (χ4v) is 9.71. The SMILES string of the molecule is CN/C(Cc1ccccc1)=C(\c1ccccc1)[P+](c1ccccc1)(c1ccccc1)c1ccccc1.O=S(=O)([O-])C(F)(F)F. The van der Waals surface area contributed by atoms with E-state index in [2.05, 4.69) is 164 Å². The number of likely N-dealkylation sites (N-methyl/N-ethyl adjacent to an activating group) is 1. The molecule has 0 aliphatic heterocycles. The molecular formula is C35H31F3NO3PS. The van der Waals surface area contributed by atoms with Crippen LogP contribution in [-0.2, 0) is 16.5 Å². The van der Waals surface area contributed by atoms with Crippen molar-refractivity contribution >= 4 is 38.6 Å². The summed E-state index contributed by atoms with van der Waals surface area (Å²) in [4.78, 5) is 0. The summed E-state index contributed by atoms with van der Waals surface area (Å²) in [6.45, 7) is 0. The molecule has 226 valence electrons. The van der Waals surface area contributed by atoms with Gasteiger partial charge in [0, 0.05) is 19.0 Å². The van der Waals surface area contributed by atoms with Crippen LogP contribution in [0.1, 0.15) is 11.1 Å². The monoisotopic (exact) mass is 633 g/mol. The Bertz CT molecular complexity index is 1660. The predicted octanol–water partition coefficient (Wildman–Crippen LogP) is 6.86. The number of alkyl halides is 3. The Hall–Kier alpha value is -4.23. The van der Waals surface area contributed by atoms with Gasteiger partial charge in [-0.3, -0.25) is 0 Å². The molecule has 1 N–H and O–H groups in total. The third kappa shape index (κ3) is 7.45. The second-order valence-electron chi connectivity index (χ2n) is 9.68. The van der Waals surface area contributed by atoms with Gasteiger partial charge in [-0.15, -0.1) is 0 Å². The van der Waals surface area contributed by atoms with E-state index in [4.69, 9.17) is 13.0 Å². The lowest BCUT2D eigenvalue weighted by molar-refractivity contribution is -0.0517. The second-order valence-corrected chi connectivity index (χ2v) is 14.4. The maximum absolute atomic E-state index is 10.7. The van der Waals surface area contributed by atoms with Crippen LogP contribution in [0.25, 0.3) is 5.31 Å². The van der Waals surface area contributed by atoms with E-state index >= 15 is 0 Å². The summed E-state index contributed by atoms with van der Waals surface area (Å²) >= 11 is 0. The van der Waals surface area contributed by atoms with Crippen molar-refractivity contribution in [2.45, 2.75) is 11.9 Å². The van der Waals surface area contributed by atoms with Crippen molar-refractivity contribution < 1.29 is 26.1 Å². The molecule has 0 fully saturated rings. The van der Waals surface area contributed by atoms with E-state index in [0.717, 1.165) is 6.42 Å². The van der Waals surface area contributed by atoms with Gasteiger partial charge in [0.15, 0.2) is 10.1 Å². The van der Waals surface area contributed by atoms with E-state index in [1.54, 1.807) is 0 Å². The van der Waals surface area contributed by atoms with E-state index in [1.165, 1.54) is 38.1 Å². The first-order valence-corrected chi connectivity index (χ1v) is 16.9. The highest BCUT2D eigenvalue weighted by molar-refractivity contribution is 8.03. The molecule has 5 rings (SSSR count). The van der Waals surface area contributed by atoms with Gasteiger partial charge in [-0.05, 0) is 42.0 Å². The van der Waals surface area contributed by atoms with Gasteiger partial charge in [0.1, 0.15) is 28.5 Å². The van der Waals surface area contributed by atoms with Gasteiger partial charge < -0.3 is 9.87 Å². The van der Waals surface area contributed by atoms with Crippen LogP contribution in [0.15, 0.2) is 157 Å². The largest absolute Gasteiger partial charge is 0.741 e. The zero-order valence-electron chi connectivity index (χ0n) is 23.9. The molecule has 4 nitrogen and oxygen atoms in total. The highest BCUT2D eigenvalue weighted by atomic mass is 32.2. The first-order valence-electron chi connectivity index (χ1n) is 13.7. The summed E-state index contributed by atoms with van der Waals surface area (Å²) in [5, 5.41) is 9.09. The zero-order valence-corrected chi connectivity index (χ0v) is 25.6. The molecule has 9 heteroatoms. The third-order valence-corrected chi connectivity index (χ3v) is 11.9. The average molecular weight is 634 g/mol. The summed E-state index contributed by atoms with van der Waals surface area (Å²) in [5.41, 5.74) is -1.85. The van der Waals surface area contributed by atoms with Crippen molar-refractivity contribution in [1.82, 2.24) is 5.32 Å². The molecule has 0 bridgehead atoms. The molecule has 0 saturated heterocycles. The molecule has 0 aromatic heterocycles. The summed E-state index contributed by atoms with van der Waals surface area (Å²) < 4.78 is 58.9. The predicted molar refractivity (Wildman–Crippen MR) is 173 cm³/mol. The molecular weight excluding hydrogens is 602 g/mol. The fourth-order valence-electron chi connectivity index (χ4n) is 5.05. The van der Waals surface area contributed by atoms with Crippen LogP contribution < -0.4 is 21.2 Å². The molecule has 5 aromatic carbocycles. The van der Waals surface area contributed by atoms with E-state index in [0.29, 0.717) is 0 Å². The molecule has 0 unspecified atom stereocenters. The van der Waals surface area contributed by atoms with Gasteiger partial charge in [-0.1, -0.05) is 115 Å². The molecule has 44 heavy (non-hydrogen) atoms. The molecule has 0 heterocycles. The average Bonchev–Trinajstić information content (AvgIpc) is 3.04. The minimum atomic E-state index is -6.09. The Kier molecular flexibility index (Phi) is 10.8. The Morgan fingerprint density at radius 3 is 1.27 bits per heavy atom. The van der Waals surface area contributed by atoms with Gasteiger partial charge in [-0.2, -0.15) is 13.2 Å². The van der Waals surface area contributed by atoms with Crippen LogP contribution >= 0.6 is 7.26 Å². The fraction of sp³-hybridized carbons (Fsp3) is 0.0857. The first-order chi connectivity index (χ1) is 21.1. The van der Waals surface area contributed by atoms with Crippen molar-refractivity contribution in [3.05, 3.63) is 168 Å². The van der Waals surface area contributed by atoms with Crippen molar-refractivity contribution in [3.63, 3.8) is 0 Å². The summed E-state index contributed by atoms with van der Waals surface area (Å²) in [7, 11) is -6.30. The number of nitrogens with one attached hydrogen (secondary N) is 1. The normalized spacial score (nSPS) is 12.4. The molecule has 0 amide bonds. The van der Waals surface area contributed by atoms with Gasteiger partial charge in [0.25, 0.3) is 0 Å². The maximum Gasteiger partial charge on any atom is 0.485 e. The van der Waals surface area contributed by atoms with E-state index in [9.17, 15) is 13.2 Å². The van der Waals surface area contributed by atoms with Crippen LogP contribution in [0.3, 0.4) is 0 Å². The lowest BCUT2D eigenvalue weighted by Gasteiger charge is -2.31. The Morgan fingerprint density at radius 2 is 0.955 bits per heavy atom. The minimum Gasteiger partial charge on any atom is -0.741 e. The van der Waals surface area contributed by atoms with Gasteiger partial charge in [-0.25, -0.2) is 8.42 Å². The number of hydrogen-bond acceptors (Lipinski definition) is 4. The number of rotatable bonds is 8. The lowest BCUT2D eigenvalue weighted by atomic mass is 10.1. The third-order valence-electron chi connectivity index (χ3n) is 6.91. The van der Waals surface area contributed by atoms with Crippen LogP contribution in [-0.4, -0.2) is 25.5 Å². The van der Waals surface area contributed by atoms with Crippen molar-refractivity contribution in [1.29, 1.82) is 0 Å². The van der Waals surface area contributed by atoms with Crippen LogP contribution in [0.5, 0.6) is 0 Å². The topological polar surface area (TPSA) is 69.2 Å². The molecule has 0 aliphatic carbocycles. The Labute approximate surface area is 257 Å². The number of allylic oxidation sites excluding steroid dienone is 1. The van der Waals surface area contributed by atoms with Gasteiger partial charge in [0.2, 0.25) is 0 Å².